The molecule has 1 N–H and O–H groups in total. The molecule has 0 heterocycles. The second kappa shape index (κ2) is 6.29. The molecule has 0 saturated carbocycles. The van der Waals surface area contributed by atoms with Crippen LogP contribution in [0.25, 0.3) is 0 Å². The molecule has 0 unspecified atom stereocenters. The van der Waals surface area contributed by atoms with Gasteiger partial charge in [-0.1, -0.05) is 6.92 Å². The highest BCUT2D eigenvalue weighted by Crippen LogP contribution is 2.05. The van der Waals surface area contributed by atoms with E-state index >= 15 is 0 Å². The van der Waals surface area contributed by atoms with Crippen molar-refractivity contribution in [2.24, 2.45) is 0 Å². The molecule has 0 fully saturated rings. The summed E-state index contributed by atoms with van der Waals surface area (Å²) in [6.45, 7) is 8.21. The molecular formula is C8H18BrNO2. The number of ether oxygens (including phenoxy) is 1. The molecule has 3 nitrogen and oxygen atoms in total. The summed E-state index contributed by atoms with van der Waals surface area (Å²) < 4.78 is 4.99. The molecule has 0 bridgehead atoms. The van der Waals surface area contributed by atoms with Gasteiger partial charge in [0.2, 0.25) is 0 Å². The summed E-state index contributed by atoms with van der Waals surface area (Å²) in [7, 11) is 0. The Morgan fingerprint density at radius 3 is 2.25 bits per heavy atom. The maximum Gasteiger partial charge on any atom is 0.407 e. The first kappa shape index (κ1) is 14.3. The highest BCUT2D eigenvalue weighted by Gasteiger charge is 2.14. The minimum absolute atomic E-state index is 0. The van der Waals surface area contributed by atoms with E-state index < -0.39 is 5.60 Å². The number of alkyl carbamates (subject to hydrolysis) is 1. The first-order valence-corrected chi connectivity index (χ1v) is 3.92. The van der Waals surface area contributed by atoms with Crippen LogP contribution in [0.3, 0.4) is 0 Å². The van der Waals surface area contributed by atoms with Crippen LogP contribution in [0, 0.1) is 0 Å². The predicted octanol–water partition coefficient (Wildman–Crippen LogP) is 2.50. The summed E-state index contributed by atoms with van der Waals surface area (Å²) in [5.41, 5.74) is -0.391. The Bertz CT molecular complexity index is 132. The summed E-state index contributed by atoms with van der Waals surface area (Å²) in [6, 6.07) is 0. The van der Waals surface area contributed by atoms with Gasteiger partial charge in [0.05, 0.1) is 0 Å². The van der Waals surface area contributed by atoms with Crippen molar-refractivity contribution in [1.82, 2.24) is 5.32 Å². The first-order chi connectivity index (χ1) is 4.95. The van der Waals surface area contributed by atoms with Crippen LogP contribution in [0.4, 0.5) is 4.79 Å². The zero-order valence-corrected chi connectivity index (χ0v) is 9.85. The lowest BCUT2D eigenvalue weighted by atomic mass is 10.2. The van der Waals surface area contributed by atoms with Crippen LogP contribution in [0.1, 0.15) is 34.1 Å². The van der Waals surface area contributed by atoms with Crippen molar-refractivity contribution in [3.05, 3.63) is 0 Å². The van der Waals surface area contributed by atoms with E-state index in [9.17, 15) is 4.79 Å². The van der Waals surface area contributed by atoms with Gasteiger partial charge in [0, 0.05) is 6.54 Å². The van der Waals surface area contributed by atoms with E-state index in [2.05, 4.69) is 5.32 Å². The Morgan fingerprint density at radius 2 is 1.92 bits per heavy atom. The molecule has 0 aromatic heterocycles. The smallest absolute Gasteiger partial charge is 0.407 e. The first-order valence-electron chi connectivity index (χ1n) is 3.92. The second-order valence-corrected chi connectivity index (χ2v) is 3.43. The van der Waals surface area contributed by atoms with Gasteiger partial charge in [-0.15, -0.1) is 17.0 Å². The molecule has 74 valence electrons. The maximum absolute atomic E-state index is 10.9. The van der Waals surface area contributed by atoms with Gasteiger partial charge in [-0.2, -0.15) is 0 Å². The lowest BCUT2D eigenvalue weighted by Crippen LogP contribution is -2.32. The molecular weight excluding hydrogens is 222 g/mol. The number of amides is 1. The molecule has 0 spiro atoms. The summed E-state index contributed by atoms with van der Waals surface area (Å²) >= 11 is 0. The topological polar surface area (TPSA) is 38.3 Å². The lowest BCUT2D eigenvalue weighted by molar-refractivity contribution is 0.0528. The number of hydrogen-bond acceptors (Lipinski definition) is 2. The Labute approximate surface area is 84.6 Å². The largest absolute Gasteiger partial charge is 0.444 e. The zero-order valence-electron chi connectivity index (χ0n) is 8.14. The van der Waals surface area contributed by atoms with Crippen molar-refractivity contribution in [3.8, 4) is 0 Å². The molecule has 0 saturated heterocycles. The monoisotopic (exact) mass is 239 g/mol. The van der Waals surface area contributed by atoms with Gasteiger partial charge < -0.3 is 10.1 Å². The number of halogens is 1. The SMILES string of the molecule is Br.CCCNC(=O)OC(C)(C)C. The highest BCUT2D eigenvalue weighted by molar-refractivity contribution is 8.93. The van der Waals surface area contributed by atoms with E-state index in [1.54, 1.807) is 0 Å². The molecule has 0 atom stereocenters. The highest BCUT2D eigenvalue weighted by atomic mass is 79.9. The average molecular weight is 240 g/mol. The van der Waals surface area contributed by atoms with Crippen molar-refractivity contribution >= 4 is 23.1 Å². The molecule has 1 amide bonds. The van der Waals surface area contributed by atoms with E-state index in [-0.39, 0.29) is 23.1 Å². The van der Waals surface area contributed by atoms with Crippen molar-refractivity contribution < 1.29 is 9.53 Å². The number of carbonyl (C=O) groups is 1. The van der Waals surface area contributed by atoms with Crippen LogP contribution < -0.4 is 5.32 Å². The summed E-state index contributed by atoms with van der Waals surface area (Å²) in [5, 5.41) is 2.63. The number of carbonyl (C=O) groups excluding carboxylic acids is 1. The molecule has 0 aromatic rings. The van der Waals surface area contributed by atoms with E-state index in [0.717, 1.165) is 6.42 Å². The van der Waals surface area contributed by atoms with Gasteiger partial charge in [0.1, 0.15) is 5.60 Å². The summed E-state index contributed by atoms with van der Waals surface area (Å²) in [6.07, 6.45) is 0.596. The van der Waals surface area contributed by atoms with Crippen molar-refractivity contribution in [2.75, 3.05) is 6.54 Å². The minimum atomic E-state index is -0.391. The molecule has 0 aliphatic rings. The van der Waals surface area contributed by atoms with Crippen LogP contribution in [0.2, 0.25) is 0 Å². The van der Waals surface area contributed by atoms with Crippen LogP contribution in [-0.4, -0.2) is 18.2 Å². The Hall–Kier alpha value is -0.250. The van der Waals surface area contributed by atoms with Gasteiger partial charge in [0.25, 0.3) is 0 Å². The molecule has 0 aliphatic carbocycles. The number of rotatable bonds is 2. The third-order valence-electron chi connectivity index (χ3n) is 0.918. The van der Waals surface area contributed by atoms with Crippen LogP contribution in [0.15, 0.2) is 0 Å². The normalized spacial score (nSPS) is 10.0. The summed E-state index contributed by atoms with van der Waals surface area (Å²) in [5.74, 6) is 0. The Kier molecular flexibility index (Phi) is 7.48. The quantitative estimate of drug-likeness (QED) is 0.805. The van der Waals surface area contributed by atoms with E-state index in [4.69, 9.17) is 4.74 Å². The Balaban J connectivity index is 0. The van der Waals surface area contributed by atoms with E-state index in [1.165, 1.54) is 0 Å². The molecule has 4 heteroatoms. The van der Waals surface area contributed by atoms with Gasteiger partial charge in [-0.3, -0.25) is 0 Å². The van der Waals surface area contributed by atoms with Crippen LogP contribution in [0.5, 0.6) is 0 Å². The van der Waals surface area contributed by atoms with E-state index in [0.29, 0.717) is 6.54 Å². The third-order valence-corrected chi connectivity index (χ3v) is 0.918. The molecule has 0 aliphatic heterocycles. The predicted molar refractivity (Wildman–Crippen MR) is 54.8 cm³/mol. The fraction of sp³-hybridized carbons (Fsp3) is 0.875. The Morgan fingerprint density at radius 1 is 1.42 bits per heavy atom. The van der Waals surface area contributed by atoms with Gasteiger partial charge >= 0.3 is 6.09 Å². The van der Waals surface area contributed by atoms with Crippen molar-refractivity contribution in [1.29, 1.82) is 0 Å². The second-order valence-electron chi connectivity index (χ2n) is 3.43. The van der Waals surface area contributed by atoms with Gasteiger partial charge in [-0.25, -0.2) is 4.79 Å². The van der Waals surface area contributed by atoms with Gasteiger partial charge in [0.15, 0.2) is 0 Å². The molecule has 0 rings (SSSR count). The number of nitrogens with one attached hydrogen (secondary N) is 1. The van der Waals surface area contributed by atoms with Crippen LogP contribution in [-0.2, 0) is 4.74 Å². The average Bonchev–Trinajstić information content (AvgIpc) is 1.79. The molecule has 0 aromatic carbocycles. The standard InChI is InChI=1S/C8H17NO2.BrH/c1-5-6-9-7(10)11-8(2,3)4;/h5-6H2,1-4H3,(H,9,10);1H. The molecule has 0 radical (unpaired) electrons. The van der Waals surface area contributed by atoms with Crippen molar-refractivity contribution in [3.63, 3.8) is 0 Å². The fourth-order valence-corrected chi connectivity index (χ4v) is 0.541. The zero-order chi connectivity index (χ0) is 8.91. The third kappa shape index (κ3) is 9.75. The lowest BCUT2D eigenvalue weighted by Gasteiger charge is -2.19. The minimum Gasteiger partial charge on any atom is -0.444 e. The van der Waals surface area contributed by atoms with E-state index in [1.807, 2.05) is 27.7 Å². The molecule has 12 heavy (non-hydrogen) atoms. The maximum atomic E-state index is 10.9. The number of hydrogen-bond donors (Lipinski definition) is 1. The fourth-order valence-electron chi connectivity index (χ4n) is 0.541. The van der Waals surface area contributed by atoms with Crippen LogP contribution >= 0.6 is 17.0 Å². The summed E-state index contributed by atoms with van der Waals surface area (Å²) in [4.78, 5) is 10.9. The van der Waals surface area contributed by atoms with Crippen molar-refractivity contribution in [2.45, 2.75) is 39.7 Å². The van der Waals surface area contributed by atoms with Gasteiger partial charge in [-0.05, 0) is 27.2 Å².